The van der Waals surface area contributed by atoms with Crippen LogP contribution in [-0.2, 0) is 30.5 Å². The molecule has 6 nitrogen and oxygen atoms in total. The van der Waals surface area contributed by atoms with Crippen molar-refractivity contribution in [1.82, 2.24) is 0 Å². The summed E-state index contributed by atoms with van der Waals surface area (Å²) >= 11 is 0. The number of carbonyl (C=O) groups is 3. The van der Waals surface area contributed by atoms with E-state index in [0.29, 0.717) is 25.2 Å². The standard InChI is InChI=1S/C22H30O6/c1-3-7-17(13-20(23)24)28-22(26)19-12-15(2)10-11-18(19)21(25)27-14-16-8-5-4-6-9-16/h4-6,8-9,15,17-19H,3,7,10-14H2,1-2H3,(H,23,24). The lowest BCUT2D eigenvalue weighted by Crippen LogP contribution is -2.38. The summed E-state index contributed by atoms with van der Waals surface area (Å²) in [4.78, 5) is 36.5. The smallest absolute Gasteiger partial charge is 0.310 e. The summed E-state index contributed by atoms with van der Waals surface area (Å²) in [5.74, 6) is -2.68. The monoisotopic (exact) mass is 390 g/mol. The number of aliphatic carboxylic acids is 1. The molecule has 1 saturated carbocycles. The van der Waals surface area contributed by atoms with Gasteiger partial charge >= 0.3 is 17.9 Å². The van der Waals surface area contributed by atoms with Crippen LogP contribution in [0.3, 0.4) is 0 Å². The number of hydrogen-bond acceptors (Lipinski definition) is 5. The van der Waals surface area contributed by atoms with Crippen LogP contribution in [0, 0.1) is 17.8 Å². The Kier molecular flexibility index (Phi) is 8.48. The highest BCUT2D eigenvalue weighted by Crippen LogP contribution is 2.36. The molecule has 0 aromatic heterocycles. The molecule has 2 rings (SSSR count). The van der Waals surface area contributed by atoms with Gasteiger partial charge in [-0.2, -0.15) is 0 Å². The van der Waals surface area contributed by atoms with Crippen LogP contribution < -0.4 is 0 Å². The van der Waals surface area contributed by atoms with Gasteiger partial charge in [0.1, 0.15) is 12.7 Å². The van der Waals surface area contributed by atoms with E-state index >= 15 is 0 Å². The van der Waals surface area contributed by atoms with E-state index in [2.05, 4.69) is 0 Å². The minimum atomic E-state index is -0.998. The van der Waals surface area contributed by atoms with Crippen molar-refractivity contribution >= 4 is 17.9 Å². The summed E-state index contributed by atoms with van der Waals surface area (Å²) in [5, 5.41) is 9.03. The molecular weight excluding hydrogens is 360 g/mol. The predicted molar refractivity (Wildman–Crippen MR) is 103 cm³/mol. The molecule has 1 aliphatic rings. The topological polar surface area (TPSA) is 89.9 Å². The molecule has 0 bridgehead atoms. The van der Waals surface area contributed by atoms with Crippen LogP contribution in [0.5, 0.6) is 0 Å². The van der Waals surface area contributed by atoms with Gasteiger partial charge in [-0.25, -0.2) is 0 Å². The highest BCUT2D eigenvalue weighted by atomic mass is 16.5. The van der Waals surface area contributed by atoms with E-state index < -0.39 is 29.9 Å². The normalized spacial score (nSPS) is 22.9. The van der Waals surface area contributed by atoms with Gasteiger partial charge in [-0.3, -0.25) is 14.4 Å². The molecule has 4 unspecified atom stereocenters. The van der Waals surface area contributed by atoms with Crippen molar-refractivity contribution in [3.05, 3.63) is 35.9 Å². The van der Waals surface area contributed by atoms with Gasteiger partial charge in [0.15, 0.2) is 0 Å². The molecular formula is C22H30O6. The molecule has 0 amide bonds. The zero-order chi connectivity index (χ0) is 20.5. The fraction of sp³-hybridized carbons (Fsp3) is 0.591. The fourth-order valence-electron chi connectivity index (χ4n) is 3.73. The Morgan fingerprint density at radius 2 is 1.82 bits per heavy atom. The summed E-state index contributed by atoms with van der Waals surface area (Å²) in [6.45, 7) is 4.13. The molecule has 1 aromatic rings. The van der Waals surface area contributed by atoms with Gasteiger partial charge in [0, 0.05) is 0 Å². The van der Waals surface area contributed by atoms with Crippen molar-refractivity contribution < 1.29 is 29.0 Å². The van der Waals surface area contributed by atoms with E-state index in [1.165, 1.54) is 0 Å². The van der Waals surface area contributed by atoms with Crippen LogP contribution in [0.1, 0.15) is 57.9 Å². The maximum absolute atomic E-state index is 12.8. The zero-order valence-corrected chi connectivity index (χ0v) is 16.6. The summed E-state index contributed by atoms with van der Waals surface area (Å²) in [6.07, 6.45) is 2.31. The number of carboxylic acid groups (broad SMARTS) is 1. The average Bonchev–Trinajstić information content (AvgIpc) is 2.66. The molecule has 0 radical (unpaired) electrons. The van der Waals surface area contributed by atoms with E-state index in [1.54, 1.807) is 0 Å². The molecule has 0 saturated heterocycles. The first-order chi connectivity index (χ1) is 13.4. The molecule has 1 aliphatic carbocycles. The van der Waals surface area contributed by atoms with Crippen LogP contribution in [0.4, 0.5) is 0 Å². The lowest BCUT2D eigenvalue weighted by atomic mass is 9.74. The Hall–Kier alpha value is -2.37. The highest BCUT2D eigenvalue weighted by Gasteiger charge is 2.40. The first kappa shape index (κ1) is 21.9. The van der Waals surface area contributed by atoms with Crippen molar-refractivity contribution in [2.45, 2.75) is 65.1 Å². The minimum Gasteiger partial charge on any atom is -0.481 e. The van der Waals surface area contributed by atoms with E-state index in [4.69, 9.17) is 14.6 Å². The number of carbonyl (C=O) groups excluding carboxylic acids is 2. The Balaban J connectivity index is 2.01. The second kappa shape index (κ2) is 10.8. The molecule has 1 fully saturated rings. The average molecular weight is 390 g/mol. The summed E-state index contributed by atoms with van der Waals surface area (Å²) in [7, 11) is 0. The van der Waals surface area contributed by atoms with Crippen molar-refractivity contribution in [1.29, 1.82) is 0 Å². The molecule has 6 heteroatoms. The van der Waals surface area contributed by atoms with Crippen molar-refractivity contribution in [2.24, 2.45) is 17.8 Å². The van der Waals surface area contributed by atoms with Crippen LogP contribution in [0.15, 0.2) is 30.3 Å². The number of rotatable bonds is 9. The van der Waals surface area contributed by atoms with E-state index in [9.17, 15) is 14.4 Å². The number of ether oxygens (including phenoxy) is 2. The molecule has 0 aliphatic heterocycles. The van der Waals surface area contributed by atoms with Gasteiger partial charge in [-0.15, -0.1) is 0 Å². The van der Waals surface area contributed by atoms with Crippen LogP contribution in [0.2, 0.25) is 0 Å². The summed E-state index contributed by atoms with van der Waals surface area (Å²) in [6, 6.07) is 9.40. The third-order valence-electron chi connectivity index (χ3n) is 5.24. The molecule has 4 atom stereocenters. The van der Waals surface area contributed by atoms with Gasteiger partial charge < -0.3 is 14.6 Å². The fourth-order valence-corrected chi connectivity index (χ4v) is 3.73. The second-order valence-corrected chi connectivity index (χ2v) is 7.67. The van der Waals surface area contributed by atoms with Crippen molar-refractivity contribution in [2.75, 3.05) is 0 Å². The van der Waals surface area contributed by atoms with Gasteiger partial charge in [-0.1, -0.05) is 50.6 Å². The first-order valence-electron chi connectivity index (χ1n) is 10.0. The van der Waals surface area contributed by atoms with Gasteiger partial charge in [0.2, 0.25) is 0 Å². The van der Waals surface area contributed by atoms with Crippen LogP contribution in [-0.4, -0.2) is 29.1 Å². The predicted octanol–water partition coefficient (Wildman–Crippen LogP) is 3.97. The number of carboxylic acids is 1. The third kappa shape index (κ3) is 6.66. The molecule has 0 spiro atoms. The Bertz CT molecular complexity index is 656. The first-order valence-corrected chi connectivity index (χ1v) is 10.0. The molecule has 0 heterocycles. The van der Waals surface area contributed by atoms with Gasteiger partial charge in [0.05, 0.1) is 18.3 Å². The number of hydrogen-bond donors (Lipinski definition) is 1. The Labute approximate surface area is 166 Å². The van der Waals surface area contributed by atoms with E-state index in [1.807, 2.05) is 44.2 Å². The largest absolute Gasteiger partial charge is 0.481 e. The summed E-state index contributed by atoms with van der Waals surface area (Å²) < 4.78 is 11.0. The SMILES string of the molecule is CCCC(CC(=O)O)OC(=O)C1CC(C)CCC1C(=O)OCc1ccccc1. The van der Waals surface area contributed by atoms with Gasteiger partial charge in [-0.05, 0) is 37.2 Å². The van der Waals surface area contributed by atoms with Gasteiger partial charge in [0.25, 0.3) is 0 Å². The maximum atomic E-state index is 12.8. The second-order valence-electron chi connectivity index (χ2n) is 7.67. The van der Waals surface area contributed by atoms with Crippen LogP contribution >= 0.6 is 0 Å². The van der Waals surface area contributed by atoms with E-state index in [0.717, 1.165) is 18.4 Å². The maximum Gasteiger partial charge on any atom is 0.310 e. The number of esters is 2. The van der Waals surface area contributed by atoms with Crippen molar-refractivity contribution in [3.63, 3.8) is 0 Å². The lowest BCUT2D eigenvalue weighted by Gasteiger charge is -2.32. The molecule has 28 heavy (non-hydrogen) atoms. The summed E-state index contributed by atoms with van der Waals surface area (Å²) in [5.41, 5.74) is 0.892. The molecule has 154 valence electrons. The van der Waals surface area contributed by atoms with Crippen LogP contribution in [0.25, 0.3) is 0 Å². The molecule has 1 aromatic carbocycles. The lowest BCUT2D eigenvalue weighted by molar-refractivity contribution is -0.169. The molecule has 1 N–H and O–H groups in total. The zero-order valence-electron chi connectivity index (χ0n) is 16.6. The highest BCUT2D eigenvalue weighted by molar-refractivity contribution is 5.82. The third-order valence-corrected chi connectivity index (χ3v) is 5.24. The number of benzene rings is 1. The Morgan fingerprint density at radius 1 is 1.11 bits per heavy atom. The van der Waals surface area contributed by atoms with E-state index in [-0.39, 0.29) is 19.0 Å². The minimum absolute atomic E-state index is 0.172. The van der Waals surface area contributed by atoms with Crippen molar-refractivity contribution in [3.8, 4) is 0 Å². The Morgan fingerprint density at radius 3 is 2.46 bits per heavy atom. The quantitative estimate of drug-likeness (QED) is 0.642.